The number of sulfonamides is 1. The van der Waals surface area contributed by atoms with E-state index in [0.717, 1.165) is 64.3 Å². The van der Waals surface area contributed by atoms with Crippen molar-refractivity contribution in [3.63, 3.8) is 0 Å². The Kier molecular flexibility index (Phi) is 11.0. The van der Waals surface area contributed by atoms with Gasteiger partial charge in [0.05, 0.1) is 17.0 Å². The molecule has 3 aromatic carbocycles. The Morgan fingerprint density at radius 2 is 1.67 bits per heavy atom. The molecule has 42 heavy (non-hydrogen) atoms. The Morgan fingerprint density at radius 1 is 1.00 bits per heavy atom. The van der Waals surface area contributed by atoms with Gasteiger partial charge in [-0.05, 0) is 54.3 Å². The highest BCUT2D eigenvalue weighted by molar-refractivity contribution is 9.10. The summed E-state index contributed by atoms with van der Waals surface area (Å²) in [4.78, 5) is 29.5. The van der Waals surface area contributed by atoms with E-state index in [1.54, 1.807) is 0 Å². The summed E-state index contributed by atoms with van der Waals surface area (Å²) < 4.78 is 41.4. The molecular formula is C31H34BrClFN3O4S. The molecule has 0 aliphatic heterocycles. The van der Waals surface area contributed by atoms with Gasteiger partial charge in [-0.3, -0.25) is 13.9 Å². The van der Waals surface area contributed by atoms with Gasteiger partial charge in [0.15, 0.2) is 0 Å². The van der Waals surface area contributed by atoms with Crippen LogP contribution in [0.4, 0.5) is 10.1 Å². The van der Waals surface area contributed by atoms with Crippen LogP contribution in [0.15, 0.2) is 77.3 Å². The molecule has 0 saturated heterocycles. The first-order chi connectivity index (χ1) is 20.0. The van der Waals surface area contributed by atoms with Crippen LogP contribution in [0.5, 0.6) is 0 Å². The quantitative estimate of drug-likeness (QED) is 0.266. The number of amides is 2. The predicted octanol–water partition coefficient (Wildman–Crippen LogP) is 6.10. The molecule has 1 N–H and O–H groups in total. The summed E-state index contributed by atoms with van der Waals surface area (Å²) in [6, 6.07) is 19.4. The van der Waals surface area contributed by atoms with Gasteiger partial charge in [-0.25, -0.2) is 12.8 Å². The lowest BCUT2D eigenvalue weighted by molar-refractivity contribution is -0.140. The molecule has 7 nitrogen and oxygen atoms in total. The lowest BCUT2D eigenvalue weighted by atomic mass is 9.94. The van der Waals surface area contributed by atoms with Crippen LogP contribution in [-0.4, -0.2) is 50.0 Å². The zero-order chi connectivity index (χ0) is 30.3. The third kappa shape index (κ3) is 8.78. The van der Waals surface area contributed by atoms with Gasteiger partial charge in [0.2, 0.25) is 21.8 Å². The first-order valence-corrected chi connectivity index (χ1v) is 16.8. The van der Waals surface area contributed by atoms with Crippen molar-refractivity contribution in [2.75, 3.05) is 17.1 Å². The van der Waals surface area contributed by atoms with Gasteiger partial charge in [-0.15, -0.1) is 0 Å². The van der Waals surface area contributed by atoms with Gasteiger partial charge < -0.3 is 10.2 Å². The summed E-state index contributed by atoms with van der Waals surface area (Å²) >= 11 is 9.38. The Morgan fingerprint density at radius 3 is 2.29 bits per heavy atom. The molecule has 0 aromatic heterocycles. The summed E-state index contributed by atoms with van der Waals surface area (Å²) in [5, 5.41) is 2.90. The minimum absolute atomic E-state index is 0.0167. The molecule has 1 fully saturated rings. The zero-order valence-electron chi connectivity index (χ0n) is 23.3. The molecular weight excluding hydrogens is 645 g/mol. The molecule has 0 bridgehead atoms. The van der Waals surface area contributed by atoms with E-state index < -0.39 is 34.3 Å². The van der Waals surface area contributed by atoms with Crippen LogP contribution < -0.4 is 9.62 Å². The highest BCUT2D eigenvalue weighted by atomic mass is 79.9. The van der Waals surface area contributed by atoms with Crippen molar-refractivity contribution in [2.45, 2.75) is 57.2 Å². The van der Waals surface area contributed by atoms with Crippen molar-refractivity contribution < 1.29 is 22.4 Å². The lowest BCUT2D eigenvalue weighted by Crippen LogP contribution is -2.55. The summed E-state index contributed by atoms with van der Waals surface area (Å²) in [6.45, 7) is -0.525. The van der Waals surface area contributed by atoms with Crippen molar-refractivity contribution in [3.8, 4) is 0 Å². The monoisotopic (exact) mass is 677 g/mol. The molecule has 0 spiro atoms. The van der Waals surface area contributed by atoms with Gasteiger partial charge in [-0.1, -0.05) is 89.3 Å². The number of rotatable bonds is 11. The average Bonchev–Trinajstić information content (AvgIpc) is 2.96. The number of halogens is 3. The normalized spacial score (nSPS) is 14.7. The number of anilines is 1. The van der Waals surface area contributed by atoms with Crippen molar-refractivity contribution in [1.82, 2.24) is 10.2 Å². The summed E-state index contributed by atoms with van der Waals surface area (Å²) in [6.07, 6.45) is 6.13. The SMILES string of the molecule is CS(=O)(=O)N(CC(=O)N(Cc1ccc(Br)cc1)[C@H](Cc1ccccc1)C(=O)NC1CCCCC1)c1ccc(F)c(Cl)c1. The lowest BCUT2D eigenvalue weighted by Gasteiger charge is -2.35. The van der Waals surface area contributed by atoms with Crippen LogP contribution in [-0.2, 0) is 32.6 Å². The fraction of sp³-hybridized carbons (Fsp3) is 0.355. The van der Waals surface area contributed by atoms with E-state index in [4.69, 9.17) is 11.6 Å². The highest BCUT2D eigenvalue weighted by Crippen LogP contribution is 2.26. The van der Waals surface area contributed by atoms with E-state index in [2.05, 4.69) is 21.2 Å². The maximum Gasteiger partial charge on any atom is 0.244 e. The maximum absolute atomic E-state index is 14.1. The number of hydrogen-bond acceptors (Lipinski definition) is 4. The molecule has 2 amide bonds. The molecule has 1 aliphatic carbocycles. The van der Waals surface area contributed by atoms with E-state index in [9.17, 15) is 22.4 Å². The zero-order valence-corrected chi connectivity index (χ0v) is 26.5. The standard InChI is InChI=1S/C31H34BrClFN3O4S/c1-42(40,41)37(26-16-17-28(34)27(33)19-26)21-30(38)36(20-23-12-14-24(32)15-13-23)29(18-22-8-4-2-5-9-22)31(39)35-25-10-6-3-7-11-25/h2,4-5,8-9,12-17,19,25,29H,3,6-7,10-11,18,20-21H2,1H3,(H,35,39)/t29-/m1/s1. The first-order valence-electron chi connectivity index (χ1n) is 13.8. The van der Waals surface area contributed by atoms with E-state index in [1.807, 2.05) is 54.6 Å². The van der Waals surface area contributed by atoms with Gasteiger partial charge in [0.1, 0.15) is 18.4 Å². The molecule has 0 heterocycles. The molecule has 0 radical (unpaired) electrons. The third-order valence-corrected chi connectivity index (χ3v) is 9.32. The number of carbonyl (C=O) groups is 2. The van der Waals surface area contributed by atoms with E-state index in [0.29, 0.717) is 0 Å². The fourth-order valence-corrected chi connectivity index (χ4v) is 6.42. The fourth-order valence-electron chi connectivity index (χ4n) is 5.14. The largest absolute Gasteiger partial charge is 0.352 e. The molecule has 3 aromatic rings. The summed E-state index contributed by atoms with van der Waals surface area (Å²) in [5.74, 6) is -1.57. The maximum atomic E-state index is 14.1. The van der Waals surface area contributed by atoms with Crippen molar-refractivity contribution in [3.05, 3.63) is 99.2 Å². The van der Waals surface area contributed by atoms with Crippen LogP contribution in [0.3, 0.4) is 0 Å². The molecule has 1 atom stereocenters. The molecule has 224 valence electrons. The van der Waals surface area contributed by atoms with Crippen LogP contribution in [0, 0.1) is 5.82 Å². The van der Waals surface area contributed by atoms with Crippen molar-refractivity contribution in [2.24, 2.45) is 0 Å². The van der Waals surface area contributed by atoms with Crippen LogP contribution >= 0.6 is 27.5 Å². The van der Waals surface area contributed by atoms with Gasteiger partial charge in [0, 0.05) is 23.5 Å². The second kappa shape index (κ2) is 14.5. The Hall–Kier alpha value is -2.95. The van der Waals surface area contributed by atoms with Gasteiger partial charge in [-0.2, -0.15) is 0 Å². The van der Waals surface area contributed by atoms with Crippen LogP contribution in [0.1, 0.15) is 43.2 Å². The Balaban J connectivity index is 1.72. The molecule has 1 saturated carbocycles. The predicted molar refractivity (Wildman–Crippen MR) is 167 cm³/mol. The van der Waals surface area contributed by atoms with Crippen LogP contribution in [0.2, 0.25) is 5.02 Å². The number of benzene rings is 3. The van der Waals surface area contributed by atoms with E-state index in [1.165, 1.54) is 17.0 Å². The third-order valence-electron chi connectivity index (χ3n) is 7.36. The minimum Gasteiger partial charge on any atom is -0.352 e. The average molecular weight is 679 g/mol. The van der Waals surface area contributed by atoms with E-state index >= 15 is 0 Å². The Labute approximate surface area is 260 Å². The minimum atomic E-state index is -3.98. The smallest absolute Gasteiger partial charge is 0.244 e. The number of nitrogens with zero attached hydrogens (tertiary/aromatic N) is 2. The van der Waals surface area contributed by atoms with Gasteiger partial charge >= 0.3 is 0 Å². The molecule has 11 heteroatoms. The first kappa shape index (κ1) is 32.0. The topological polar surface area (TPSA) is 86.8 Å². The van der Waals surface area contributed by atoms with Crippen LogP contribution in [0.25, 0.3) is 0 Å². The highest BCUT2D eigenvalue weighted by Gasteiger charge is 2.34. The molecule has 0 unspecified atom stereocenters. The number of nitrogens with one attached hydrogen (secondary N) is 1. The Bertz CT molecular complexity index is 1490. The van der Waals surface area contributed by atoms with Crippen molar-refractivity contribution >= 4 is 55.1 Å². The van der Waals surface area contributed by atoms with Gasteiger partial charge in [0.25, 0.3) is 0 Å². The summed E-state index contributed by atoms with van der Waals surface area (Å²) in [5.41, 5.74) is 1.68. The van der Waals surface area contributed by atoms with E-state index in [-0.39, 0.29) is 35.6 Å². The van der Waals surface area contributed by atoms with Crippen molar-refractivity contribution in [1.29, 1.82) is 0 Å². The molecule has 1 aliphatic rings. The second-order valence-corrected chi connectivity index (χ2v) is 13.8. The summed E-state index contributed by atoms with van der Waals surface area (Å²) in [7, 11) is -3.98. The molecule has 4 rings (SSSR count). The second-order valence-electron chi connectivity index (χ2n) is 10.6. The number of hydrogen-bond donors (Lipinski definition) is 1. The number of carbonyl (C=O) groups excluding carboxylic acids is 2.